The fraction of sp³-hybridized carbons (Fsp3) is 0.765. The minimum absolute atomic E-state index is 0.140. The Bertz CT molecular complexity index is 335. The molecule has 0 atom stereocenters. The maximum absolute atomic E-state index is 5.93. The van der Waals surface area contributed by atoms with Gasteiger partial charge in [0, 0.05) is 18.3 Å². The Labute approximate surface area is 131 Å². The Morgan fingerprint density at radius 2 is 1.76 bits per heavy atom. The van der Waals surface area contributed by atoms with E-state index in [1.165, 1.54) is 5.57 Å². The smallest absolute Gasteiger partial charge is 0.0657 e. The largest absolute Gasteiger partial charge is 0.378 e. The number of rotatable bonds is 8. The summed E-state index contributed by atoms with van der Waals surface area (Å²) in [5.74, 6) is 5.93. The monoisotopic (exact) mass is 297 g/mol. The van der Waals surface area contributed by atoms with Gasteiger partial charge in [-0.1, -0.05) is 26.8 Å². The number of allylic oxidation sites excluding steroid dienone is 3. The summed E-state index contributed by atoms with van der Waals surface area (Å²) in [6, 6.07) is 0. The molecule has 0 aromatic rings. The highest BCUT2D eigenvalue weighted by Gasteiger charge is 2.13. The minimum Gasteiger partial charge on any atom is -0.378 e. The van der Waals surface area contributed by atoms with Gasteiger partial charge in [0.05, 0.1) is 19.8 Å². The highest BCUT2D eigenvalue weighted by molar-refractivity contribution is 5.23. The molecule has 3 N–H and O–H groups in total. The van der Waals surface area contributed by atoms with Crippen LogP contribution in [0.2, 0.25) is 0 Å². The van der Waals surface area contributed by atoms with E-state index < -0.39 is 0 Å². The lowest BCUT2D eigenvalue weighted by molar-refractivity contribution is 0.114. The van der Waals surface area contributed by atoms with Crippen LogP contribution in [-0.2, 0) is 4.74 Å². The third-order valence-corrected chi connectivity index (χ3v) is 3.02. The van der Waals surface area contributed by atoms with E-state index in [1.54, 1.807) is 5.01 Å². The molecule has 0 aromatic carbocycles. The van der Waals surface area contributed by atoms with Crippen molar-refractivity contribution in [1.82, 2.24) is 10.3 Å². The zero-order valence-electron chi connectivity index (χ0n) is 15.0. The standard InChI is InChI=1S/C17H35N3O/c1-8-15(16(2,3)4)9-11-20(18)12-14-21-13-10-19-17(5,6)7/h8-9,11,19H,10,12-14,18H2,1-7H3/b11-9-,15-8+. The highest BCUT2D eigenvalue weighted by atomic mass is 16.5. The van der Waals surface area contributed by atoms with Crippen LogP contribution in [-0.4, -0.2) is 36.9 Å². The summed E-state index contributed by atoms with van der Waals surface area (Å²) in [6.07, 6.45) is 6.11. The van der Waals surface area contributed by atoms with Crippen molar-refractivity contribution in [2.24, 2.45) is 11.3 Å². The first-order chi connectivity index (χ1) is 9.56. The van der Waals surface area contributed by atoms with E-state index in [4.69, 9.17) is 10.6 Å². The number of ether oxygens (including phenoxy) is 1. The van der Waals surface area contributed by atoms with Crippen LogP contribution in [0.25, 0.3) is 0 Å². The van der Waals surface area contributed by atoms with Gasteiger partial charge < -0.3 is 15.1 Å². The fourth-order valence-corrected chi connectivity index (χ4v) is 1.80. The SMILES string of the molecule is C/C=C(\C=C/N(N)CCOCCNC(C)(C)C)C(C)(C)C. The van der Waals surface area contributed by atoms with Crippen molar-refractivity contribution >= 4 is 0 Å². The Kier molecular flexibility index (Phi) is 8.86. The van der Waals surface area contributed by atoms with Crippen LogP contribution in [0.4, 0.5) is 0 Å². The summed E-state index contributed by atoms with van der Waals surface area (Å²) < 4.78 is 5.57. The van der Waals surface area contributed by atoms with E-state index in [-0.39, 0.29) is 11.0 Å². The van der Waals surface area contributed by atoms with Crippen LogP contribution in [0.15, 0.2) is 23.9 Å². The van der Waals surface area contributed by atoms with Crippen LogP contribution >= 0.6 is 0 Å². The molecule has 0 aliphatic heterocycles. The summed E-state index contributed by atoms with van der Waals surface area (Å²) in [7, 11) is 0. The second-order valence-corrected chi connectivity index (χ2v) is 7.34. The first kappa shape index (κ1) is 20.2. The van der Waals surface area contributed by atoms with Gasteiger partial charge in [-0.25, -0.2) is 5.84 Å². The molecule has 0 rings (SSSR count). The first-order valence-corrected chi connectivity index (χ1v) is 7.75. The summed E-state index contributed by atoms with van der Waals surface area (Å²) >= 11 is 0. The van der Waals surface area contributed by atoms with E-state index in [9.17, 15) is 0 Å². The van der Waals surface area contributed by atoms with Gasteiger partial charge in [-0.2, -0.15) is 0 Å². The lowest BCUT2D eigenvalue weighted by atomic mass is 9.86. The number of hydrazine groups is 1. The third kappa shape index (κ3) is 11.5. The van der Waals surface area contributed by atoms with Crippen LogP contribution < -0.4 is 11.2 Å². The fourth-order valence-electron chi connectivity index (χ4n) is 1.80. The second kappa shape index (κ2) is 9.23. The van der Waals surface area contributed by atoms with Gasteiger partial charge in [0.2, 0.25) is 0 Å². The average Bonchev–Trinajstić information content (AvgIpc) is 2.31. The molecular weight excluding hydrogens is 262 g/mol. The highest BCUT2D eigenvalue weighted by Crippen LogP contribution is 2.25. The molecule has 0 saturated heterocycles. The van der Waals surface area contributed by atoms with Crippen LogP contribution in [0.5, 0.6) is 0 Å². The van der Waals surface area contributed by atoms with E-state index in [0.717, 1.165) is 6.54 Å². The third-order valence-electron chi connectivity index (χ3n) is 3.02. The lowest BCUT2D eigenvalue weighted by Crippen LogP contribution is -2.38. The van der Waals surface area contributed by atoms with Crippen molar-refractivity contribution in [3.05, 3.63) is 23.9 Å². The molecule has 0 heterocycles. The van der Waals surface area contributed by atoms with Crippen molar-refractivity contribution in [3.63, 3.8) is 0 Å². The van der Waals surface area contributed by atoms with Crippen molar-refractivity contribution in [1.29, 1.82) is 0 Å². The number of hydrogen-bond donors (Lipinski definition) is 2. The molecule has 21 heavy (non-hydrogen) atoms. The number of nitrogens with one attached hydrogen (secondary N) is 1. The summed E-state index contributed by atoms with van der Waals surface area (Å²) in [4.78, 5) is 0. The van der Waals surface area contributed by atoms with Crippen molar-refractivity contribution in [2.75, 3.05) is 26.3 Å². The Balaban J connectivity index is 3.88. The molecular formula is C17H35N3O. The summed E-state index contributed by atoms with van der Waals surface area (Å²) in [5, 5.41) is 5.06. The maximum Gasteiger partial charge on any atom is 0.0657 e. The number of nitrogens with two attached hydrogens (primary N) is 1. The van der Waals surface area contributed by atoms with Crippen LogP contribution in [0.1, 0.15) is 48.5 Å². The molecule has 0 aliphatic rings. The predicted octanol–water partition coefficient (Wildman–Crippen LogP) is 3.07. The molecule has 0 amide bonds. The molecule has 0 spiro atoms. The molecule has 0 bridgehead atoms. The average molecular weight is 297 g/mol. The van der Waals surface area contributed by atoms with Gasteiger partial charge >= 0.3 is 0 Å². The molecule has 0 unspecified atom stereocenters. The molecule has 4 nitrogen and oxygen atoms in total. The molecule has 0 aromatic heterocycles. The van der Waals surface area contributed by atoms with Crippen molar-refractivity contribution in [3.8, 4) is 0 Å². The van der Waals surface area contributed by atoms with Crippen LogP contribution in [0, 0.1) is 5.41 Å². The molecule has 4 heteroatoms. The van der Waals surface area contributed by atoms with E-state index in [0.29, 0.717) is 19.8 Å². The molecule has 124 valence electrons. The Morgan fingerprint density at radius 3 is 2.24 bits per heavy atom. The predicted molar refractivity (Wildman–Crippen MR) is 91.8 cm³/mol. The first-order valence-electron chi connectivity index (χ1n) is 7.75. The Morgan fingerprint density at radius 1 is 1.14 bits per heavy atom. The topological polar surface area (TPSA) is 50.5 Å². The van der Waals surface area contributed by atoms with Crippen LogP contribution in [0.3, 0.4) is 0 Å². The van der Waals surface area contributed by atoms with Crippen molar-refractivity contribution < 1.29 is 4.74 Å². The Hall–Kier alpha value is -0.840. The van der Waals surface area contributed by atoms with Gasteiger partial charge in [0.1, 0.15) is 0 Å². The van der Waals surface area contributed by atoms with E-state index in [2.05, 4.69) is 65.9 Å². The maximum atomic E-state index is 5.93. The second-order valence-electron chi connectivity index (χ2n) is 7.34. The van der Waals surface area contributed by atoms with Gasteiger partial charge in [-0.3, -0.25) is 0 Å². The zero-order valence-corrected chi connectivity index (χ0v) is 15.0. The molecule has 0 aliphatic carbocycles. The minimum atomic E-state index is 0.140. The molecule has 0 radical (unpaired) electrons. The molecule has 0 fully saturated rings. The number of nitrogens with zero attached hydrogens (tertiary/aromatic N) is 1. The van der Waals surface area contributed by atoms with Gasteiger partial charge in [0.25, 0.3) is 0 Å². The van der Waals surface area contributed by atoms with Gasteiger partial charge in [0.15, 0.2) is 0 Å². The van der Waals surface area contributed by atoms with Gasteiger partial charge in [-0.05, 0) is 44.8 Å². The lowest BCUT2D eigenvalue weighted by Gasteiger charge is -2.22. The normalized spacial score (nSPS) is 14.0. The number of hydrogen-bond acceptors (Lipinski definition) is 4. The van der Waals surface area contributed by atoms with Gasteiger partial charge in [-0.15, -0.1) is 0 Å². The van der Waals surface area contributed by atoms with Crippen molar-refractivity contribution in [2.45, 2.75) is 54.0 Å². The molecule has 0 saturated carbocycles. The summed E-state index contributed by atoms with van der Waals surface area (Å²) in [6.45, 7) is 18.0. The summed E-state index contributed by atoms with van der Waals surface area (Å²) in [5.41, 5.74) is 1.55. The van der Waals surface area contributed by atoms with E-state index in [1.807, 2.05) is 6.20 Å². The van der Waals surface area contributed by atoms with E-state index >= 15 is 0 Å². The zero-order chi connectivity index (χ0) is 16.5. The quantitative estimate of drug-likeness (QED) is 0.313.